The molecular formula is C15H29N3. The maximum atomic E-state index is 9.36. The molecule has 0 spiro atoms. The van der Waals surface area contributed by atoms with Crippen molar-refractivity contribution in [3.8, 4) is 6.07 Å². The topological polar surface area (TPSA) is 39.1 Å². The minimum atomic E-state index is -0.409. The van der Waals surface area contributed by atoms with Crippen LogP contribution in [0.15, 0.2) is 0 Å². The highest BCUT2D eigenvalue weighted by Crippen LogP contribution is 2.27. The van der Waals surface area contributed by atoms with E-state index in [1.54, 1.807) is 0 Å². The largest absolute Gasteiger partial charge is 0.301 e. The standard InChI is InChI=1S/C15H29N3/c1-5-10-17-15(3,11-16)12-18(4)14-8-6-13(2)7-9-14/h13-14,17H,5-10,12H2,1-4H3. The minimum absolute atomic E-state index is 0.409. The van der Waals surface area contributed by atoms with Gasteiger partial charge in [0.15, 0.2) is 0 Å². The summed E-state index contributed by atoms with van der Waals surface area (Å²) in [4.78, 5) is 2.39. The van der Waals surface area contributed by atoms with E-state index in [1.807, 2.05) is 6.92 Å². The summed E-state index contributed by atoms with van der Waals surface area (Å²) >= 11 is 0. The van der Waals surface area contributed by atoms with Crippen molar-refractivity contribution < 1.29 is 0 Å². The fraction of sp³-hybridized carbons (Fsp3) is 0.933. The third kappa shape index (κ3) is 4.59. The zero-order valence-corrected chi connectivity index (χ0v) is 12.5. The van der Waals surface area contributed by atoms with Crippen LogP contribution in [-0.4, -0.2) is 36.6 Å². The first-order chi connectivity index (χ1) is 8.50. The summed E-state index contributed by atoms with van der Waals surface area (Å²) < 4.78 is 0. The Morgan fingerprint density at radius 1 is 1.33 bits per heavy atom. The van der Waals surface area contributed by atoms with E-state index in [4.69, 9.17) is 0 Å². The number of nitrogens with zero attached hydrogens (tertiary/aromatic N) is 2. The molecule has 0 bridgehead atoms. The Morgan fingerprint density at radius 3 is 2.44 bits per heavy atom. The number of likely N-dealkylation sites (N-methyl/N-ethyl adjacent to an activating group) is 1. The van der Waals surface area contributed by atoms with Crippen molar-refractivity contribution in [1.29, 1.82) is 5.26 Å². The van der Waals surface area contributed by atoms with Gasteiger partial charge in [-0.3, -0.25) is 5.32 Å². The highest BCUT2D eigenvalue weighted by Gasteiger charge is 2.29. The van der Waals surface area contributed by atoms with E-state index < -0.39 is 5.54 Å². The molecule has 1 aliphatic carbocycles. The van der Waals surface area contributed by atoms with Gasteiger partial charge in [0.2, 0.25) is 0 Å². The number of nitrogens with one attached hydrogen (secondary N) is 1. The van der Waals surface area contributed by atoms with Gasteiger partial charge in [0, 0.05) is 12.6 Å². The van der Waals surface area contributed by atoms with Crippen molar-refractivity contribution in [2.24, 2.45) is 5.92 Å². The molecule has 18 heavy (non-hydrogen) atoms. The van der Waals surface area contributed by atoms with E-state index in [-0.39, 0.29) is 0 Å². The number of hydrogen-bond donors (Lipinski definition) is 1. The molecule has 0 aliphatic heterocycles. The fourth-order valence-electron chi connectivity index (χ4n) is 2.84. The molecule has 1 atom stereocenters. The Labute approximate surface area is 113 Å². The predicted octanol–water partition coefficient (Wildman–Crippen LogP) is 2.78. The second-order valence-electron chi connectivity index (χ2n) is 6.20. The molecular weight excluding hydrogens is 222 g/mol. The average molecular weight is 251 g/mol. The zero-order valence-electron chi connectivity index (χ0n) is 12.5. The molecule has 0 radical (unpaired) electrons. The molecule has 1 aliphatic rings. The first-order valence-electron chi connectivity index (χ1n) is 7.37. The minimum Gasteiger partial charge on any atom is -0.301 e. The molecule has 1 unspecified atom stereocenters. The van der Waals surface area contributed by atoms with E-state index in [1.165, 1.54) is 25.7 Å². The lowest BCUT2D eigenvalue weighted by Gasteiger charge is -2.37. The number of rotatable bonds is 6. The normalized spacial score (nSPS) is 27.8. The molecule has 1 saturated carbocycles. The second-order valence-corrected chi connectivity index (χ2v) is 6.20. The summed E-state index contributed by atoms with van der Waals surface area (Å²) in [5.74, 6) is 0.884. The molecule has 3 heteroatoms. The van der Waals surface area contributed by atoms with Crippen molar-refractivity contribution in [3.63, 3.8) is 0 Å². The first kappa shape index (κ1) is 15.5. The van der Waals surface area contributed by atoms with Crippen LogP contribution < -0.4 is 5.32 Å². The summed E-state index contributed by atoms with van der Waals surface area (Å²) in [5.41, 5.74) is -0.409. The molecule has 1 fully saturated rings. The molecule has 0 amide bonds. The van der Waals surface area contributed by atoms with Crippen LogP contribution >= 0.6 is 0 Å². The van der Waals surface area contributed by atoms with Gasteiger partial charge in [-0.15, -0.1) is 0 Å². The van der Waals surface area contributed by atoms with Gasteiger partial charge in [-0.25, -0.2) is 0 Å². The van der Waals surface area contributed by atoms with E-state index in [9.17, 15) is 5.26 Å². The van der Waals surface area contributed by atoms with Gasteiger partial charge in [-0.05, 0) is 58.5 Å². The zero-order chi connectivity index (χ0) is 13.6. The molecule has 0 heterocycles. The summed E-state index contributed by atoms with van der Waals surface area (Å²) in [5, 5.41) is 12.7. The van der Waals surface area contributed by atoms with Crippen LogP contribution in [0.3, 0.4) is 0 Å². The lowest BCUT2D eigenvalue weighted by Crippen LogP contribution is -2.52. The summed E-state index contributed by atoms with van der Waals surface area (Å²) in [6, 6.07) is 3.10. The predicted molar refractivity (Wildman–Crippen MR) is 76.4 cm³/mol. The molecule has 1 N–H and O–H groups in total. The summed E-state index contributed by atoms with van der Waals surface area (Å²) in [7, 11) is 2.17. The quantitative estimate of drug-likeness (QED) is 0.789. The van der Waals surface area contributed by atoms with Crippen molar-refractivity contribution >= 4 is 0 Å². The lowest BCUT2D eigenvalue weighted by atomic mass is 9.86. The maximum Gasteiger partial charge on any atom is 0.116 e. The monoisotopic (exact) mass is 251 g/mol. The number of hydrogen-bond acceptors (Lipinski definition) is 3. The van der Waals surface area contributed by atoms with Crippen molar-refractivity contribution in [2.75, 3.05) is 20.1 Å². The average Bonchev–Trinajstić information content (AvgIpc) is 2.37. The van der Waals surface area contributed by atoms with Crippen LogP contribution in [0.4, 0.5) is 0 Å². The Balaban J connectivity index is 2.46. The van der Waals surface area contributed by atoms with Crippen LogP contribution in [0.2, 0.25) is 0 Å². The number of nitriles is 1. The van der Waals surface area contributed by atoms with Gasteiger partial charge < -0.3 is 4.90 Å². The molecule has 3 nitrogen and oxygen atoms in total. The Hall–Kier alpha value is -0.590. The third-order valence-electron chi connectivity index (χ3n) is 4.19. The van der Waals surface area contributed by atoms with Gasteiger partial charge in [-0.2, -0.15) is 5.26 Å². The van der Waals surface area contributed by atoms with Gasteiger partial charge in [0.05, 0.1) is 6.07 Å². The van der Waals surface area contributed by atoms with Gasteiger partial charge in [-0.1, -0.05) is 13.8 Å². The Bertz CT molecular complexity index is 276. The molecule has 0 aromatic heterocycles. The van der Waals surface area contributed by atoms with Gasteiger partial charge in [0.1, 0.15) is 5.54 Å². The van der Waals surface area contributed by atoms with Crippen LogP contribution in [0.5, 0.6) is 0 Å². The van der Waals surface area contributed by atoms with Crippen molar-refractivity contribution in [3.05, 3.63) is 0 Å². The van der Waals surface area contributed by atoms with Crippen LogP contribution in [-0.2, 0) is 0 Å². The molecule has 0 aromatic rings. The highest BCUT2D eigenvalue weighted by molar-refractivity contribution is 5.06. The Morgan fingerprint density at radius 2 is 1.94 bits per heavy atom. The smallest absolute Gasteiger partial charge is 0.116 e. The van der Waals surface area contributed by atoms with Gasteiger partial charge >= 0.3 is 0 Å². The summed E-state index contributed by atoms with van der Waals surface area (Å²) in [6.07, 6.45) is 6.31. The summed E-state index contributed by atoms with van der Waals surface area (Å²) in [6.45, 7) is 8.24. The molecule has 0 aromatic carbocycles. The van der Waals surface area contributed by atoms with E-state index >= 15 is 0 Å². The van der Waals surface area contributed by atoms with Crippen molar-refractivity contribution in [1.82, 2.24) is 10.2 Å². The molecule has 1 rings (SSSR count). The van der Waals surface area contributed by atoms with E-state index in [0.717, 1.165) is 25.4 Å². The maximum absolute atomic E-state index is 9.36. The first-order valence-corrected chi connectivity index (χ1v) is 7.37. The van der Waals surface area contributed by atoms with Gasteiger partial charge in [0.25, 0.3) is 0 Å². The second kappa shape index (κ2) is 7.11. The lowest BCUT2D eigenvalue weighted by molar-refractivity contribution is 0.145. The van der Waals surface area contributed by atoms with Crippen LogP contribution in [0.1, 0.15) is 52.9 Å². The highest BCUT2D eigenvalue weighted by atomic mass is 15.2. The molecule has 0 saturated heterocycles. The van der Waals surface area contributed by atoms with Crippen LogP contribution in [0, 0.1) is 17.2 Å². The molecule has 104 valence electrons. The van der Waals surface area contributed by atoms with Crippen LogP contribution in [0.25, 0.3) is 0 Å². The third-order valence-corrected chi connectivity index (χ3v) is 4.19. The SMILES string of the molecule is CCCNC(C)(C#N)CN(C)C1CCC(C)CC1. The van der Waals surface area contributed by atoms with Crippen molar-refractivity contribution in [2.45, 2.75) is 64.5 Å². The Kier molecular flexibility index (Phi) is 6.11. The fourth-order valence-corrected chi connectivity index (χ4v) is 2.84. The van der Waals surface area contributed by atoms with E-state index in [2.05, 4.69) is 37.2 Å². The van der Waals surface area contributed by atoms with E-state index in [0.29, 0.717) is 6.04 Å².